The zero-order chi connectivity index (χ0) is 17.4. The van der Waals surface area contributed by atoms with E-state index in [0.717, 1.165) is 35.2 Å². The van der Waals surface area contributed by atoms with Gasteiger partial charge in [0, 0.05) is 43.7 Å². The Morgan fingerprint density at radius 2 is 2.12 bits per heavy atom. The molecule has 0 aliphatic carbocycles. The molecule has 8 heteroatoms. The molecule has 0 unspecified atom stereocenters. The van der Waals surface area contributed by atoms with E-state index in [9.17, 15) is 0 Å². The van der Waals surface area contributed by atoms with E-state index in [0.29, 0.717) is 19.0 Å². The molecule has 0 atom stereocenters. The van der Waals surface area contributed by atoms with Crippen LogP contribution in [-0.4, -0.2) is 36.1 Å². The molecule has 0 radical (unpaired) electrons. The summed E-state index contributed by atoms with van der Waals surface area (Å²) in [4.78, 5) is 14.3. The zero-order valence-corrected chi connectivity index (χ0v) is 18.3. The van der Waals surface area contributed by atoms with Crippen molar-refractivity contribution in [2.75, 3.05) is 20.2 Å². The van der Waals surface area contributed by atoms with Gasteiger partial charge in [-0.15, -0.1) is 35.3 Å². The van der Waals surface area contributed by atoms with Gasteiger partial charge in [-0.2, -0.15) is 0 Å². The van der Waals surface area contributed by atoms with Crippen LogP contribution in [0.25, 0.3) is 0 Å². The van der Waals surface area contributed by atoms with Gasteiger partial charge in [-0.05, 0) is 32.4 Å². The second-order valence-corrected chi connectivity index (χ2v) is 6.57. The van der Waals surface area contributed by atoms with Gasteiger partial charge in [0.05, 0.1) is 17.3 Å². The number of nitrogens with zero attached hydrogens (tertiary/aromatic N) is 3. The summed E-state index contributed by atoms with van der Waals surface area (Å²) in [5.74, 6) is 1.42. The maximum absolute atomic E-state index is 5.41. The molecule has 0 saturated heterocycles. The van der Waals surface area contributed by atoms with E-state index >= 15 is 0 Å². The molecule has 0 saturated carbocycles. The summed E-state index contributed by atoms with van der Waals surface area (Å²) in [6.07, 6.45) is 2.65. The van der Waals surface area contributed by atoms with Crippen LogP contribution in [0.2, 0.25) is 0 Å². The van der Waals surface area contributed by atoms with E-state index in [4.69, 9.17) is 4.74 Å². The number of halogens is 1. The van der Waals surface area contributed by atoms with Crippen LogP contribution in [0, 0.1) is 13.8 Å². The second kappa shape index (κ2) is 11.2. The topological polar surface area (TPSA) is 71.4 Å². The number of thiazole rings is 1. The predicted molar refractivity (Wildman–Crippen MR) is 114 cm³/mol. The smallest absolute Gasteiger partial charge is 0.213 e. The summed E-state index contributed by atoms with van der Waals surface area (Å²) in [5.41, 5.74) is 2.22. The summed E-state index contributed by atoms with van der Waals surface area (Å²) in [7, 11) is 1.77. The quantitative estimate of drug-likeness (QED) is 0.366. The molecular formula is C17H26IN5OS. The van der Waals surface area contributed by atoms with Crippen molar-refractivity contribution in [2.24, 2.45) is 4.99 Å². The van der Waals surface area contributed by atoms with E-state index in [-0.39, 0.29) is 24.0 Å². The molecule has 2 aromatic rings. The lowest BCUT2D eigenvalue weighted by atomic mass is 10.2. The number of hydrogen-bond donors (Lipinski definition) is 2. The Labute approximate surface area is 170 Å². The van der Waals surface area contributed by atoms with Crippen LogP contribution < -0.4 is 15.4 Å². The molecule has 2 N–H and O–H groups in total. The summed E-state index contributed by atoms with van der Waals surface area (Å²) in [6, 6.07) is 3.90. The molecule has 0 aliphatic rings. The van der Waals surface area contributed by atoms with E-state index in [1.165, 1.54) is 4.88 Å². The van der Waals surface area contributed by atoms with Gasteiger partial charge in [-0.3, -0.25) is 4.99 Å². The highest BCUT2D eigenvalue weighted by molar-refractivity contribution is 14.0. The van der Waals surface area contributed by atoms with Gasteiger partial charge in [0.1, 0.15) is 0 Å². The van der Waals surface area contributed by atoms with Crippen molar-refractivity contribution >= 4 is 41.3 Å². The largest absolute Gasteiger partial charge is 0.478 e. The van der Waals surface area contributed by atoms with Gasteiger partial charge >= 0.3 is 0 Å². The highest BCUT2D eigenvalue weighted by Crippen LogP contribution is 2.16. The molecule has 25 heavy (non-hydrogen) atoms. The van der Waals surface area contributed by atoms with Crippen LogP contribution in [0.1, 0.15) is 28.1 Å². The molecule has 6 nitrogen and oxygen atoms in total. The van der Waals surface area contributed by atoms with Crippen LogP contribution in [-0.2, 0) is 13.0 Å². The average molecular weight is 475 g/mol. The maximum atomic E-state index is 5.41. The van der Waals surface area contributed by atoms with Crippen molar-refractivity contribution < 1.29 is 4.74 Å². The standard InChI is InChI=1S/C17H25N5OS.HI/c1-5-23-15-10-14(6-8-19-15)11-21-17(18-4)20-9-7-16-22-12(2)13(3)24-16;/h6,8,10H,5,7,9,11H2,1-4H3,(H2,18,20,21);1H. The number of nitrogens with one attached hydrogen (secondary N) is 2. The van der Waals surface area contributed by atoms with Crippen LogP contribution in [0.4, 0.5) is 0 Å². The number of aliphatic imine (C=N–C) groups is 1. The van der Waals surface area contributed by atoms with Gasteiger partial charge in [0.2, 0.25) is 5.88 Å². The minimum atomic E-state index is 0. The first-order valence-corrected chi connectivity index (χ1v) is 8.89. The van der Waals surface area contributed by atoms with Gasteiger partial charge in [0.15, 0.2) is 5.96 Å². The highest BCUT2D eigenvalue weighted by Gasteiger charge is 2.04. The third kappa shape index (κ3) is 7.15. The first-order valence-electron chi connectivity index (χ1n) is 8.07. The van der Waals surface area contributed by atoms with Crippen molar-refractivity contribution in [1.82, 2.24) is 20.6 Å². The molecule has 0 bridgehead atoms. The third-order valence-electron chi connectivity index (χ3n) is 3.48. The number of guanidine groups is 1. The molecule has 2 heterocycles. The van der Waals surface area contributed by atoms with E-state index < -0.39 is 0 Å². The molecule has 0 aromatic carbocycles. The Balaban J connectivity index is 0.00000312. The fraction of sp³-hybridized carbons (Fsp3) is 0.471. The van der Waals surface area contributed by atoms with Gasteiger partial charge in [-0.1, -0.05) is 0 Å². The third-order valence-corrected chi connectivity index (χ3v) is 4.61. The van der Waals surface area contributed by atoms with Crippen LogP contribution in [0.5, 0.6) is 5.88 Å². The second-order valence-electron chi connectivity index (χ2n) is 5.29. The number of ether oxygens (including phenoxy) is 1. The summed E-state index contributed by atoms with van der Waals surface area (Å²) in [5, 5.41) is 7.77. The Kier molecular flexibility index (Phi) is 9.73. The minimum Gasteiger partial charge on any atom is -0.478 e. The Morgan fingerprint density at radius 3 is 2.76 bits per heavy atom. The fourth-order valence-electron chi connectivity index (χ4n) is 2.13. The van der Waals surface area contributed by atoms with E-state index in [1.807, 2.05) is 19.1 Å². The number of aromatic nitrogens is 2. The summed E-state index contributed by atoms with van der Waals surface area (Å²) in [6.45, 7) is 8.18. The molecule has 0 spiro atoms. The number of rotatable bonds is 7. The Morgan fingerprint density at radius 1 is 1.32 bits per heavy atom. The number of aryl methyl sites for hydroxylation is 2. The molecule has 2 rings (SSSR count). The molecule has 0 amide bonds. The van der Waals surface area contributed by atoms with Crippen molar-refractivity contribution in [3.63, 3.8) is 0 Å². The predicted octanol–water partition coefficient (Wildman–Crippen LogP) is 3.08. The molecular weight excluding hydrogens is 449 g/mol. The van der Waals surface area contributed by atoms with Gasteiger partial charge in [-0.25, -0.2) is 9.97 Å². The Hall–Kier alpha value is -1.42. The normalized spacial score (nSPS) is 11.0. The van der Waals surface area contributed by atoms with Crippen LogP contribution in [0.3, 0.4) is 0 Å². The number of hydrogen-bond acceptors (Lipinski definition) is 5. The van der Waals surface area contributed by atoms with Gasteiger partial charge in [0.25, 0.3) is 0 Å². The molecule has 2 aromatic heterocycles. The summed E-state index contributed by atoms with van der Waals surface area (Å²) >= 11 is 1.76. The van der Waals surface area contributed by atoms with Crippen molar-refractivity contribution in [2.45, 2.75) is 33.7 Å². The highest BCUT2D eigenvalue weighted by atomic mass is 127. The van der Waals surface area contributed by atoms with Crippen molar-refractivity contribution in [3.05, 3.63) is 39.5 Å². The van der Waals surface area contributed by atoms with Crippen molar-refractivity contribution in [3.8, 4) is 5.88 Å². The monoisotopic (exact) mass is 475 g/mol. The average Bonchev–Trinajstić information content (AvgIpc) is 2.89. The lowest BCUT2D eigenvalue weighted by Gasteiger charge is -2.12. The summed E-state index contributed by atoms with van der Waals surface area (Å²) < 4.78 is 5.41. The zero-order valence-electron chi connectivity index (χ0n) is 15.1. The number of pyridine rings is 1. The van der Waals surface area contributed by atoms with Crippen LogP contribution in [0.15, 0.2) is 23.3 Å². The fourth-order valence-corrected chi connectivity index (χ4v) is 3.06. The first kappa shape index (κ1) is 21.6. The minimum absolute atomic E-state index is 0. The molecule has 138 valence electrons. The lowest BCUT2D eigenvalue weighted by Crippen LogP contribution is -2.37. The van der Waals surface area contributed by atoms with E-state index in [1.54, 1.807) is 24.6 Å². The first-order chi connectivity index (χ1) is 11.6. The SMILES string of the molecule is CCOc1cc(CNC(=NC)NCCc2nc(C)c(C)s2)ccn1.I. The van der Waals surface area contributed by atoms with Crippen molar-refractivity contribution in [1.29, 1.82) is 0 Å². The van der Waals surface area contributed by atoms with Gasteiger partial charge < -0.3 is 15.4 Å². The lowest BCUT2D eigenvalue weighted by molar-refractivity contribution is 0.326. The maximum Gasteiger partial charge on any atom is 0.213 e. The van der Waals surface area contributed by atoms with Crippen LogP contribution >= 0.6 is 35.3 Å². The van der Waals surface area contributed by atoms with E-state index in [2.05, 4.69) is 39.4 Å². The molecule has 0 fully saturated rings. The Bertz CT molecular complexity index is 670. The molecule has 0 aliphatic heterocycles.